The Morgan fingerprint density at radius 3 is 2.88 bits per heavy atom. The van der Waals surface area contributed by atoms with Crippen LogP contribution in [-0.2, 0) is 6.54 Å². The molecule has 0 saturated carbocycles. The molecule has 0 aliphatic carbocycles. The van der Waals surface area contributed by atoms with Crippen molar-refractivity contribution in [3.8, 4) is 0 Å². The normalized spacial score (nSPS) is 16.7. The van der Waals surface area contributed by atoms with Crippen LogP contribution in [0.1, 0.15) is 41.8 Å². The highest BCUT2D eigenvalue weighted by Gasteiger charge is 2.24. The smallest absolute Gasteiger partial charge is 0.315 e. The van der Waals surface area contributed by atoms with Crippen molar-refractivity contribution in [2.75, 3.05) is 19.6 Å². The van der Waals surface area contributed by atoms with E-state index in [1.54, 1.807) is 17.6 Å². The van der Waals surface area contributed by atoms with Crippen molar-refractivity contribution in [3.63, 3.8) is 0 Å². The van der Waals surface area contributed by atoms with Crippen molar-refractivity contribution in [1.29, 1.82) is 0 Å². The lowest BCUT2D eigenvalue weighted by molar-refractivity contribution is 0.143. The summed E-state index contributed by atoms with van der Waals surface area (Å²) in [5.41, 5.74) is 0.895. The highest BCUT2D eigenvalue weighted by molar-refractivity contribution is 7.09. The van der Waals surface area contributed by atoms with Crippen molar-refractivity contribution >= 4 is 17.4 Å². The number of thiazole rings is 1. The van der Waals surface area contributed by atoms with Crippen molar-refractivity contribution in [1.82, 2.24) is 20.5 Å². The van der Waals surface area contributed by atoms with Crippen LogP contribution < -0.4 is 10.6 Å². The summed E-state index contributed by atoms with van der Waals surface area (Å²) in [7, 11) is 0. The number of hydrogen-bond acceptors (Lipinski definition) is 5. The van der Waals surface area contributed by atoms with Gasteiger partial charge in [0.15, 0.2) is 0 Å². The molecule has 7 heteroatoms. The predicted octanol–water partition coefficient (Wildman–Crippen LogP) is 3.07. The fourth-order valence-corrected chi connectivity index (χ4v) is 3.65. The van der Waals surface area contributed by atoms with Crippen molar-refractivity contribution in [2.24, 2.45) is 0 Å². The lowest BCUT2D eigenvalue weighted by Gasteiger charge is -2.33. The van der Waals surface area contributed by atoms with Gasteiger partial charge in [-0.15, -0.1) is 11.3 Å². The molecule has 1 saturated heterocycles. The van der Waals surface area contributed by atoms with Crippen LogP contribution in [0.5, 0.6) is 0 Å². The molecule has 1 aliphatic rings. The number of carbonyl (C=O) groups excluding carboxylic acids is 1. The number of aryl methyl sites for hydroxylation is 1. The van der Waals surface area contributed by atoms with Crippen LogP contribution in [0, 0.1) is 6.92 Å². The molecule has 3 heterocycles. The molecular weight excluding hydrogens is 324 g/mol. The standard InChI is InChI=1S/C17H24N4O2S/c1-13-20-14(12-24-13)10-18-17(22)19-11-15(16-6-5-9-23-16)21-7-3-2-4-8-21/h5-6,9,12,15H,2-4,7-8,10-11H2,1H3,(H2,18,19,22). The maximum atomic E-state index is 12.1. The summed E-state index contributed by atoms with van der Waals surface area (Å²) in [6.45, 7) is 5.04. The van der Waals surface area contributed by atoms with E-state index in [1.807, 2.05) is 24.4 Å². The number of nitrogens with zero attached hydrogens (tertiary/aromatic N) is 2. The molecule has 2 aromatic heterocycles. The summed E-state index contributed by atoms with van der Waals surface area (Å²) in [6.07, 6.45) is 5.37. The molecule has 2 amide bonds. The van der Waals surface area contributed by atoms with Crippen LogP contribution in [0.2, 0.25) is 0 Å². The van der Waals surface area contributed by atoms with E-state index in [2.05, 4.69) is 20.5 Å². The zero-order valence-corrected chi connectivity index (χ0v) is 14.8. The van der Waals surface area contributed by atoms with Crippen molar-refractivity contribution < 1.29 is 9.21 Å². The number of carbonyl (C=O) groups is 1. The van der Waals surface area contributed by atoms with Gasteiger partial charge in [0.1, 0.15) is 5.76 Å². The Labute approximate surface area is 146 Å². The molecule has 1 atom stereocenters. The molecule has 2 aromatic rings. The second-order valence-electron chi connectivity index (χ2n) is 6.05. The molecule has 24 heavy (non-hydrogen) atoms. The van der Waals surface area contributed by atoms with Gasteiger partial charge in [0.2, 0.25) is 0 Å². The first-order valence-corrected chi connectivity index (χ1v) is 9.30. The summed E-state index contributed by atoms with van der Waals surface area (Å²) in [6, 6.07) is 3.80. The Hall–Kier alpha value is -1.86. The molecule has 0 radical (unpaired) electrons. The van der Waals surface area contributed by atoms with Crippen molar-refractivity contribution in [2.45, 2.75) is 38.8 Å². The quantitative estimate of drug-likeness (QED) is 0.842. The topological polar surface area (TPSA) is 70.4 Å². The largest absolute Gasteiger partial charge is 0.468 e. The molecule has 6 nitrogen and oxygen atoms in total. The van der Waals surface area contributed by atoms with Crippen LogP contribution in [0.4, 0.5) is 4.79 Å². The number of urea groups is 1. The summed E-state index contributed by atoms with van der Waals surface area (Å²) in [5.74, 6) is 0.910. The molecular formula is C17H24N4O2S. The van der Waals surface area contributed by atoms with E-state index in [0.717, 1.165) is 29.6 Å². The average molecular weight is 348 g/mol. The van der Waals surface area contributed by atoms with E-state index < -0.39 is 0 Å². The second kappa shape index (κ2) is 8.30. The minimum Gasteiger partial charge on any atom is -0.468 e. The Morgan fingerprint density at radius 2 is 2.21 bits per heavy atom. The number of rotatable bonds is 6. The van der Waals surface area contributed by atoms with Gasteiger partial charge in [-0.3, -0.25) is 4.90 Å². The SMILES string of the molecule is Cc1nc(CNC(=O)NCC(c2ccco2)N2CCCCC2)cs1. The molecule has 0 aromatic carbocycles. The highest BCUT2D eigenvalue weighted by atomic mass is 32.1. The number of likely N-dealkylation sites (tertiary alicyclic amines) is 1. The summed E-state index contributed by atoms with van der Waals surface area (Å²) in [5, 5.41) is 8.81. The molecule has 0 bridgehead atoms. The Bertz CT molecular complexity index is 635. The number of hydrogen-bond donors (Lipinski definition) is 2. The number of amides is 2. The first kappa shape index (κ1) is 17.0. The van der Waals surface area contributed by atoms with Gasteiger partial charge in [-0.2, -0.15) is 0 Å². The van der Waals surface area contributed by atoms with Crippen LogP contribution in [0.25, 0.3) is 0 Å². The van der Waals surface area contributed by atoms with Gasteiger partial charge in [0.25, 0.3) is 0 Å². The zero-order valence-electron chi connectivity index (χ0n) is 14.0. The second-order valence-corrected chi connectivity index (χ2v) is 7.11. The molecule has 2 N–H and O–H groups in total. The summed E-state index contributed by atoms with van der Waals surface area (Å²) in [4.78, 5) is 18.8. The Kier molecular flexibility index (Phi) is 5.87. The van der Waals surface area contributed by atoms with Gasteiger partial charge in [0, 0.05) is 11.9 Å². The zero-order chi connectivity index (χ0) is 16.8. The van der Waals surface area contributed by atoms with Crippen LogP contribution in [-0.4, -0.2) is 35.5 Å². The third-order valence-electron chi connectivity index (χ3n) is 4.26. The number of furan rings is 1. The van der Waals surface area contributed by atoms with Crippen molar-refractivity contribution in [3.05, 3.63) is 40.2 Å². The lowest BCUT2D eigenvalue weighted by atomic mass is 10.1. The minimum atomic E-state index is -0.172. The van der Waals surface area contributed by atoms with Gasteiger partial charge >= 0.3 is 6.03 Å². The third kappa shape index (κ3) is 4.58. The maximum absolute atomic E-state index is 12.1. The van der Waals surface area contributed by atoms with Crippen LogP contribution >= 0.6 is 11.3 Å². The number of nitrogens with one attached hydrogen (secondary N) is 2. The molecule has 0 spiro atoms. The number of aromatic nitrogens is 1. The molecule has 1 unspecified atom stereocenters. The number of piperidine rings is 1. The highest BCUT2D eigenvalue weighted by Crippen LogP contribution is 2.24. The first-order valence-electron chi connectivity index (χ1n) is 8.42. The molecule has 130 valence electrons. The monoisotopic (exact) mass is 348 g/mol. The fraction of sp³-hybridized carbons (Fsp3) is 0.529. The van der Waals surface area contributed by atoms with Gasteiger partial charge in [-0.25, -0.2) is 9.78 Å². The van der Waals surface area contributed by atoms with Crippen LogP contribution in [0.3, 0.4) is 0 Å². The van der Waals surface area contributed by atoms with Gasteiger partial charge in [0.05, 0.1) is 29.6 Å². The first-order chi connectivity index (χ1) is 11.7. The van der Waals surface area contributed by atoms with E-state index in [1.165, 1.54) is 19.3 Å². The average Bonchev–Trinajstić information content (AvgIpc) is 3.26. The van der Waals surface area contributed by atoms with Gasteiger partial charge < -0.3 is 15.1 Å². The van der Waals surface area contributed by atoms with E-state index in [9.17, 15) is 4.79 Å². The fourth-order valence-electron chi connectivity index (χ4n) is 3.03. The molecule has 1 fully saturated rings. The van der Waals surface area contributed by atoms with E-state index >= 15 is 0 Å². The minimum absolute atomic E-state index is 0.0903. The summed E-state index contributed by atoms with van der Waals surface area (Å²) < 4.78 is 5.59. The van der Waals surface area contributed by atoms with Gasteiger partial charge in [-0.1, -0.05) is 6.42 Å². The Morgan fingerprint density at radius 1 is 1.38 bits per heavy atom. The van der Waals surface area contributed by atoms with E-state index in [4.69, 9.17) is 4.42 Å². The lowest BCUT2D eigenvalue weighted by Crippen LogP contribution is -2.43. The molecule has 1 aliphatic heterocycles. The van der Waals surface area contributed by atoms with Crippen LogP contribution in [0.15, 0.2) is 28.2 Å². The molecule has 3 rings (SSSR count). The van der Waals surface area contributed by atoms with E-state index in [-0.39, 0.29) is 12.1 Å². The summed E-state index contributed by atoms with van der Waals surface area (Å²) >= 11 is 1.59. The van der Waals surface area contributed by atoms with E-state index in [0.29, 0.717) is 13.1 Å². The third-order valence-corrected chi connectivity index (χ3v) is 5.08. The van der Waals surface area contributed by atoms with Gasteiger partial charge in [-0.05, 0) is 45.0 Å². The predicted molar refractivity (Wildman–Crippen MR) is 94.0 cm³/mol. The maximum Gasteiger partial charge on any atom is 0.315 e. The Balaban J connectivity index is 1.52.